The summed E-state index contributed by atoms with van der Waals surface area (Å²) in [4.78, 5) is 19.4. The highest BCUT2D eigenvalue weighted by atomic mass is 35.5. The standard InChI is InChI=1S/C30H20Cl2N2O3/c31-18-10-11-21(23(32)14-18)28-27(22-7-3-4-8-24(22)33-28)29-19-5-1-2-6-20(19)30(35)34(29)15-17-9-12-25-26(13-17)37-16-36-25/h1-14,29,33H,15-16H2/t29-/m0/s1. The summed E-state index contributed by atoms with van der Waals surface area (Å²) in [5, 5.41) is 2.14. The predicted octanol–water partition coefficient (Wildman–Crippen LogP) is 7.62. The normalized spacial score (nSPS) is 16.0. The Morgan fingerprint density at radius 2 is 1.68 bits per heavy atom. The molecule has 0 unspecified atom stereocenters. The number of nitrogens with one attached hydrogen (secondary N) is 1. The van der Waals surface area contributed by atoms with Crippen molar-refractivity contribution < 1.29 is 14.3 Å². The predicted molar refractivity (Wildman–Crippen MR) is 144 cm³/mol. The molecule has 0 spiro atoms. The van der Waals surface area contributed by atoms with Gasteiger partial charge in [-0.25, -0.2) is 0 Å². The highest BCUT2D eigenvalue weighted by molar-refractivity contribution is 6.36. The van der Waals surface area contributed by atoms with Gasteiger partial charge in [0.05, 0.1) is 16.8 Å². The molecule has 0 fully saturated rings. The van der Waals surface area contributed by atoms with Crippen LogP contribution >= 0.6 is 23.2 Å². The monoisotopic (exact) mass is 526 g/mol. The fraction of sp³-hybridized carbons (Fsp3) is 0.100. The maximum Gasteiger partial charge on any atom is 0.255 e. The van der Waals surface area contributed by atoms with E-state index in [0.717, 1.165) is 38.9 Å². The number of halogens is 2. The Kier molecular flexibility index (Phi) is 5.17. The Bertz CT molecular complexity index is 1710. The fourth-order valence-corrected chi connectivity index (χ4v) is 5.94. The van der Waals surface area contributed by atoms with E-state index in [1.54, 1.807) is 6.07 Å². The third-order valence-electron chi connectivity index (χ3n) is 7.07. The zero-order valence-corrected chi connectivity index (χ0v) is 21.0. The molecule has 1 amide bonds. The molecule has 0 saturated carbocycles. The number of carbonyl (C=O) groups is 1. The second kappa shape index (κ2) is 8.58. The van der Waals surface area contributed by atoms with Gasteiger partial charge in [-0.2, -0.15) is 0 Å². The van der Waals surface area contributed by atoms with Gasteiger partial charge in [-0.05, 0) is 53.6 Å². The van der Waals surface area contributed by atoms with Crippen LogP contribution in [-0.4, -0.2) is 22.6 Å². The van der Waals surface area contributed by atoms with Crippen molar-refractivity contribution in [2.24, 2.45) is 0 Å². The first-order valence-electron chi connectivity index (χ1n) is 11.9. The minimum absolute atomic E-state index is 0.0169. The van der Waals surface area contributed by atoms with E-state index in [2.05, 4.69) is 11.1 Å². The minimum Gasteiger partial charge on any atom is -0.454 e. The summed E-state index contributed by atoms with van der Waals surface area (Å²) in [7, 11) is 0. The number of aromatic nitrogens is 1. The molecule has 0 saturated heterocycles. The van der Waals surface area contributed by atoms with Gasteiger partial charge < -0.3 is 19.4 Å². The molecule has 1 atom stereocenters. The van der Waals surface area contributed by atoms with Crippen LogP contribution in [0.3, 0.4) is 0 Å². The molecule has 0 bridgehead atoms. The molecule has 7 rings (SSSR count). The molecular weight excluding hydrogens is 507 g/mol. The zero-order valence-electron chi connectivity index (χ0n) is 19.5. The number of hydrogen-bond donors (Lipinski definition) is 1. The van der Waals surface area contributed by atoms with Crippen LogP contribution in [0.4, 0.5) is 0 Å². The third-order valence-corrected chi connectivity index (χ3v) is 7.62. The number of H-pyrrole nitrogens is 1. The molecule has 0 aliphatic carbocycles. The van der Waals surface area contributed by atoms with Crippen LogP contribution in [0, 0.1) is 0 Å². The number of nitrogens with zero attached hydrogens (tertiary/aromatic N) is 1. The van der Waals surface area contributed by atoms with Gasteiger partial charge in [-0.1, -0.05) is 65.7 Å². The van der Waals surface area contributed by atoms with Crippen molar-refractivity contribution in [3.05, 3.63) is 117 Å². The van der Waals surface area contributed by atoms with Gasteiger partial charge in [0.25, 0.3) is 5.91 Å². The third kappa shape index (κ3) is 3.57. The van der Waals surface area contributed by atoms with E-state index in [1.807, 2.05) is 77.7 Å². The number of carbonyl (C=O) groups excluding carboxylic acids is 1. The van der Waals surface area contributed by atoms with Gasteiger partial charge in [0.15, 0.2) is 11.5 Å². The second-order valence-corrected chi connectivity index (χ2v) is 10.0. The molecule has 2 aliphatic rings. The Morgan fingerprint density at radius 1 is 0.865 bits per heavy atom. The van der Waals surface area contributed by atoms with Crippen LogP contribution in [0.1, 0.15) is 33.1 Å². The van der Waals surface area contributed by atoms with Crippen molar-refractivity contribution >= 4 is 40.0 Å². The van der Waals surface area contributed by atoms with Crippen LogP contribution in [0.15, 0.2) is 84.9 Å². The van der Waals surface area contributed by atoms with Crippen LogP contribution in [0.5, 0.6) is 11.5 Å². The average Bonchev–Trinajstić information content (AvgIpc) is 3.59. The van der Waals surface area contributed by atoms with Crippen molar-refractivity contribution in [1.82, 2.24) is 9.88 Å². The molecule has 5 aromatic rings. The van der Waals surface area contributed by atoms with E-state index < -0.39 is 0 Å². The first-order chi connectivity index (χ1) is 18.1. The molecule has 4 aromatic carbocycles. The zero-order chi connectivity index (χ0) is 25.1. The number of fused-ring (bicyclic) bond motifs is 3. The molecule has 0 radical (unpaired) electrons. The van der Waals surface area contributed by atoms with Gasteiger partial charge in [-0.3, -0.25) is 4.79 Å². The van der Waals surface area contributed by atoms with E-state index in [-0.39, 0.29) is 18.7 Å². The molecule has 7 heteroatoms. The molecule has 1 N–H and O–H groups in total. The first-order valence-corrected chi connectivity index (χ1v) is 12.7. The van der Waals surface area contributed by atoms with Crippen LogP contribution in [0.2, 0.25) is 10.0 Å². The summed E-state index contributed by atoms with van der Waals surface area (Å²) in [6.45, 7) is 0.609. The molecule has 2 aliphatic heterocycles. The van der Waals surface area contributed by atoms with E-state index in [1.165, 1.54) is 0 Å². The lowest BCUT2D eigenvalue weighted by molar-refractivity contribution is 0.0737. The van der Waals surface area contributed by atoms with Gasteiger partial charge in [0, 0.05) is 39.2 Å². The lowest BCUT2D eigenvalue weighted by atomic mass is 9.93. The van der Waals surface area contributed by atoms with E-state index >= 15 is 0 Å². The summed E-state index contributed by atoms with van der Waals surface area (Å²) in [5.41, 5.74) is 6.29. The summed E-state index contributed by atoms with van der Waals surface area (Å²) >= 11 is 12.9. The lowest BCUT2D eigenvalue weighted by Crippen LogP contribution is -2.28. The smallest absolute Gasteiger partial charge is 0.255 e. The summed E-state index contributed by atoms with van der Waals surface area (Å²) in [5.74, 6) is 1.39. The van der Waals surface area contributed by atoms with Gasteiger partial charge in [0.1, 0.15) is 0 Å². The first kappa shape index (κ1) is 22.3. The molecule has 1 aromatic heterocycles. The lowest BCUT2D eigenvalue weighted by Gasteiger charge is -2.27. The molecule has 3 heterocycles. The fourth-order valence-electron chi connectivity index (χ4n) is 5.43. The topological polar surface area (TPSA) is 54.6 Å². The Hall–Kier alpha value is -3.93. The van der Waals surface area contributed by atoms with Crippen molar-refractivity contribution in [3.8, 4) is 22.8 Å². The maximum atomic E-state index is 13.9. The molecule has 5 nitrogen and oxygen atoms in total. The van der Waals surface area contributed by atoms with Crippen molar-refractivity contribution in [2.75, 3.05) is 6.79 Å². The Morgan fingerprint density at radius 3 is 2.57 bits per heavy atom. The number of benzene rings is 4. The molecule has 37 heavy (non-hydrogen) atoms. The number of hydrogen-bond acceptors (Lipinski definition) is 3. The molecular formula is C30H20Cl2N2O3. The Labute approximate surface area is 223 Å². The van der Waals surface area contributed by atoms with Crippen molar-refractivity contribution in [3.63, 3.8) is 0 Å². The van der Waals surface area contributed by atoms with Crippen LogP contribution < -0.4 is 9.47 Å². The summed E-state index contributed by atoms with van der Waals surface area (Å²) < 4.78 is 11.1. The van der Waals surface area contributed by atoms with Gasteiger partial charge in [-0.15, -0.1) is 0 Å². The maximum absolute atomic E-state index is 13.9. The average molecular weight is 527 g/mol. The van der Waals surface area contributed by atoms with Crippen molar-refractivity contribution in [1.29, 1.82) is 0 Å². The second-order valence-electron chi connectivity index (χ2n) is 9.19. The number of ether oxygens (including phenoxy) is 2. The number of para-hydroxylation sites is 1. The molecule has 182 valence electrons. The SMILES string of the molecule is O=C1c2ccccc2[C@@H](c2c(-c3ccc(Cl)cc3Cl)[nH]c3ccccc23)N1Cc1ccc2c(c1)OCO2. The van der Waals surface area contributed by atoms with E-state index in [9.17, 15) is 4.79 Å². The number of amides is 1. The summed E-state index contributed by atoms with van der Waals surface area (Å²) in [6, 6.07) is 26.9. The quantitative estimate of drug-likeness (QED) is 0.262. The Balaban J connectivity index is 1.44. The number of rotatable bonds is 4. The minimum atomic E-state index is -0.327. The highest BCUT2D eigenvalue weighted by Crippen LogP contribution is 2.47. The van der Waals surface area contributed by atoms with E-state index in [0.29, 0.717) is 33.7 Å². The van der Waals surface area contributed by atoms with Crippen molar-refractivity contribution in [2.45, 2.75) is 12.6 Å². The largest absolute Gasteiger partial charge is 0.454 e. The number of aromatic amines is 1. The van der Waals surface area contributed by atoms with Crippen LogP contribution in [-0.2, 0) is 6.54 Å². The van der Waals surface area contributed by atoms with E-state index in [4.69, 9.17) is 32.7 Å². The van der Waals surface area contributed by atoms with Gasteiger partial charge >= 0.3 is 0 Å². The van der Waals surface area contributed by atoms with Gasteiger partial charge in [0.2, 0.25) is 6.79 Å². The van der Waals surface area contributed by atoms with Crippen LogP contribution in [0.25, 0.3) is 22.2 Å². The highest BCUT2D eigenvalue weighted by Gasteiger charge is 2.40. The summed E-state index contributed by atoms with van der Waals surface area (Å²) in [6.07, 6.45) is 0.